The minimum absolute atomic E-state index is 0.00353. The van der Waals surface area contributed by atoms with Crippen LogP contribution in [0.1, 0.15) is 74.2 Å². The van der Waals surface area contributed by atoms with Gasteiger partial charge in [0, 0.05) is 51.8 Å². The summed E-state index contributed by atoms with van der Waals surface area (Å²) in [5.41, 5.74) is 2.97. The number of anilines is 2. The fourth-order valence-electron chi connectivity index (χ4n) is 5.88. The SMILES string of the molecule is CCC(C)C(CO)N1C(=O)c2ccc3c4c(ccc(c24)C1=O)C(=O)N(c1ccc(N(CC)CCO)cc1C)C3=O. The summed E-state index contributed by atoms with van der Waals surface area (Å²) in [7, 11) is 0. The summed E-state index contributed by atoms with van der Waals surface area (Å²) < 4.78 is 0. The number of likely N-dealkylation sites (N-methyl/N-ethyl adjacent to an activating group) is 1. The van der Waals surface area contributed by atoms with Gasteiger partial charge >= 0.3 is 0 Å². The Bertz CT molecular complexity index is 1490. The number of hydrogen-bond acceptors (Lipinski definition) is 7. The van der Waals surface area contributed by atoms with Crippen LogP contribution >= 0.6 is 0 Å². The summed E-state index contributed by atoms with van der Waals surface area (Å²) in [6.45, 7) is 8.40. The molecular weight excluding hydrogens is 510 g/mol. The first-order chi connectivity index (χ1) is 19.2. The van der Waals surface area contributed by atoms with Gasteiger partial charge in [-0.2, -0.15) is 0 Å². The van der Waals surface area contributed by atoms with E-state index in [4.69, 9.17) is 0 Å². The summed E-state index contributed by atoms with van der Waals surface area (Å²) in [5.74, 6) is -2.27. The third kappa shape index (κ3) is 4.00. The van der Waals surface area contributed by atoms with E-state index >= 15 is 0 Å². The molecule has 0 bridgehead atoms. The van der Waals surface area contributed by atoms with Crippen LogP contribution in [-0.4, -0.2) is 71.1 Å². The van der Waals surface area contributed by atoms with Crippen molar-refractivity contribution in [2.24, 2.45) is 5.92 Å². The number of rotatable bonds is 9. The number of carbonyl (C=O) groups is 4. The number of carbonyl (C=O) groups excluding carboxylic acids is 4. The Labute approximate surface area is 232 Å². The van der Waals surface area contributed by atoms with Crippen molar-refractivity contribution in [2.45, 2.75) is 40.2 Å². The molecule has 0 aromatic heterocycles. The van der Waals surface area contributed by atoms with Crippen molar-refractivity contribution in [1.29, 1.82) is 0 Å². The third-order valence-electron chi connectivity index (χ3n) is 8.28. The maximum atomic E-state index is 13.8. The summed E-state index contributed by atoms with van der Waals surface area (Å²) in [4.78, 5) is 59.1. The highest BCUT2D eigenvalue weighted by Crippen LogP contribution is 2.40. The van der Waals surface area contributed by atoms with Crippen molar-refractivity contribution in [1.82, 2.24) is 4.90 Å². The number of nitrogens with zero attached hydrogens (tertiary/aromatic N) is 3. The molecule has 2 heterocycles. The standard InChI is InChI=1S/C31H33N3O6/c1-5-17(3)25(16-36)34-30(39)22-10-8-20-26-21(9-11-23(27(22)26)31(34)40)29(38)33(28(20)37)24-12-7-19(15-18(24)4)32(6-2)13-14-35/h7-12,15,17,25,35-36H,5-6,13-14,16H2,1-4H3. The number of imide groups is 2. The Hall–Kier alpha value is -4.08. The molecule has 40 heavy (non-hydrogen) atoms. The molecule has 5 rings (SSSR count). The van der Waals surface area contributed by atoms with Crippen LogP contribution in [0.5, 0.6) is 0 Å². The van der Waals surface area contributed by atoms with Crippen LogP contribution in [0.4, 0.5) is 11.4 Å². The molecule has 208 valence electrons. The Kier molecular flexibility index (Phi) is 7.20. The summed E-state index contributed by atoms with van der Waals surface area (Å²) in [6, 6.07) is 10.9. The Balaban J connectivity index is 1.61. The first-order valence-electron chi connectivity index (χ1n) is 13.6. The highest BCUT2D eigenvalue weighted by Gasteiger charge is 2.43. The lowest BCUT2D eigenvalue weighted by atomic mass is 9.84. The number of benzene rings is 3. The molecule has 2 aliphatic heterocycles. The number of aliphatic hydroxyl groups excluding tert-OH is 2. The van der Waals surface area contributed by atoms with Crippen molar-refractivity contribution in [3.63, 3.8) is 0 Å². The second-order valence-electron chi connectivity index (χ2n) is 10.4. The van der Waals surface area contributed by atoms with Gasteiger partial charge in [0.05, 0.1) is 24.9 Å². The molecule has 3 aromatic rings. The fraction of sp³-hybridized carbons (Fsp3) is 0.355. The van der Waals surface area contributed by atoms with Gasteiger partial charge in [-0.1, -0.05) is 20.3 Å². The van der Waals surface area contributed by atoms with E-state index in [-0.39, 0.29) is 41.4 Å². The molecule has 0 fully saturated rings. The third-order valence-corrected chi connectivity index (χ3v) is 8.28. The van der Waals surface area contributed by atoms with E-state index < -0.39 is 29.7 Å². The minimum Gasteiger partial charge on any atom is -0.395 e. The molecule has 4 amide bonds. The average Bonchev–Trinajstić information content (AvgIpc) is 2.96. The summed E-state index contributed by atoms with van der Waals surface area (Å²) in [6.07, 6.45) is 0.666. The molecule has 0 spiro atoms. The first kappa shape index (κ1) is 27.5. The van der Waals surface area contributed by atoms with Crippen LogP contribution in [0.25, 0.3) is 10.8 Å². The van der Waals surface area contributed by atoms with Crippen LogP contribution in [-0.2, 0) is 0 Å². The quantitative estimate of drug-likeness (QED) is 0.395. The van der Waals surface area contributed by atoms with Gasteiger partial charge < -0.3 is 15.1 Å². The fourth-order valence-corrected chi connectivity index (χ4v) is 5.88. The number of aryl methyl sites for hydroxylation is 1. The van der Waals surface area contributed by atoms with E-state index in [1.165, 1.54) is 12.1 Å². The van der Waals surface area contributed by atoms with Gasteiger partial charge in [-0.05, 0) is 67.8 Å². The monoisotopic (exact) mass is 543 g/mol. The molecule has 2 N–H and O–H groups in total. The van der Waals surface area contributed by atoms with Gasteiger partial charge in [-0.25, -0.2) is 4.90 Å². The van der Waals surface area contributed by atoms with Gasteiger partial charge in [0.1, 0.15) is 0 Å². The second-order valence-corrected chi connectivity index (χ2v) is 10.4. The maximum Gasteiger partial charge on any atom is 0.265 e. The molecule has 2 aliphatic rings. The average molecular weight is 544 g/mol. The van der Waals surface area contributed by atoms with Crippen molar-refractivity contribution in [3.8, 4) is 0 Å². The van der Waals surface area contributed by atoms with Gasteiger partial charge in [-0.3, -0.25) is 24.1 Å². The highest BCUT2D eigenvalue weighted by molar-refractivity contribution is 6.39. The zero-order valence-electron chi connectivity index (χ0n) is 23.1. The Morgan fingerprint density at radius 3 is 1.75 bits per heavy atom. The molecule has 0 saturated carbocycles. The zero-order valence-corrected chi connectivity index (χ0v) is 23.1. The van der Waals surface area contributed by atoms with E-state index in [9.17, 15) is 29.4 Å². The lowest BCUT2D eigenvalue weighted by Crippen LogP contribution is -2.51. The lowest BCUT2D eigenvalue weighted by Gasteiger charge is -2.37. The van der Waals surface area contributed by atoms with Crippen LogP contribution in [0.2, 0.25) is 0 Å². The van der Waals surface area contributed by atoms with Gasteiger partial charge in [0.15, 0.2) is 0 Å². The summed E-state index contributed by atoms with van der Waals surface area (Å²) in [5, 5.41) is 20.0. The van der Waals surface area contributed by atoms with Crippen molar-refractivity contribution in [3.05, 3.63) is 70.3 Å². The van der Waals surface area contributed by atoms with Gasteiger partial charge in [0.2, 0.25) is 0 Å². The smallest absolute Gasteiger partial charge is 0.265 e. The van der Waals surface area contributed by atoms with Crippen molar-refractivity contribution < 1.29 is 29.4 Å². The normalized spacial score (nSPS) is 16.1. The highest BCUT2D eigenvalue weighted by atomic mass is 16.3. The molecule has 2 atom stereocenters. The van der Waals surface area contributed by atoms with E-state index in [2.05, 4.69) is 0 Å². The number of hydrogen-bond donors (Lipinski definition) is 2. The van der Waals surface area contributed by atoms with E-state index in [1.54, 1.807) is 18.2 Å². The molecular formula is C31H33N3O6. The first-order valence-corrected chi connectivity index (χ1v) is 13.6. The van der Waals surface area contributed by atoms with Crippen LogP contribution < -0.4 is 9.80 Å². The molecule has 3 aromatic carbocycles. The molecule has 0 saturated heterocycles. The topological polar surface area (TPSA) is 118 Å². The van der Waals surface area contributed by atoms with Crippen LogP contribution in [0.3, 0.4) is 0 Å². The Morgan fingerprint density at radius 1 is 0.800 bits per heavy atom. The molecule has 2 unspecified atom stereocenters. The lowest BCUT2D eigenvalue weighted by molar-refractivity contribution is 0.0390. The van der Waals surface area contributed by atoms with Gasteiger partial charge in [-0.15, -0.1) is 0 Å². The van der Waals surface area contributed by atoms with Gasteiger partial charge in [0.25, 0.3) is 23.6 Å². The van der Waals surface area contributed by atoms with E-state index in [0.717, 1.165) is 15.5 Å². The zero-order chi connectivity index (χ0) is 28.9. The molecule has 0 radical (unpaired) electrons. The molecule has 9 nitrogen and oxygen atoms in total. The minimum atomic E-state index is -0.689. The Morgan fingerprint density at radius 2 is 1.32 bits per heavy atom. The van der Waals surface area contributed by atoms with Crippen LogP contribution in [0.15, 0.2) is 42.5 Å². The van der Waals surface area contributed by atoms with Crippen LogP contribution in [0, 0.1) is 12.8 Å². The number of aliphatic hydroxyl groups is 2. The molecule has 0 aliphatic carbocycles. The maximum absolute atomic E-state index is 13.8. The predicted octanol–water partition coefficient (Wildman–Crippen LogP) is 3.77. The van der Waals surface area contributed by atoms with Crippen molar-refractivity contribution >= 4 is 45.8 Å². The predicted molar refractivity (Wildman–Crippen MR) is 152 cm³/mol. The number of amides is 4. The molecule has 9 heteroatoms. The second kappa shape index (κ2) is 10.5. The summed E-state index contributed by atoms with van der Waals surface area (Å²) >= 11 is 0. The largest absolute Gasteiger partial charge is 0.395 e. The van der Waals surface area contributed by atoms with Crippen molar-refractivity contribution in [2.75, 3.05) is 36.1 Å². The van der Waals surface area contributed by atoms with E-state index in [1.807, 2.05) is 44.7 Å². The van der Waals surface area contributed by atoms with E-state index in [0.29, 0.717) is 41.5 Å².